The largest absolute Gasteiger partial charge is 0.389 e. The van der Waals surface area contributed by atoms with Crippen molar-refractivity contribution in [2.24, 2.45) is 5.41 Å². The molecule has 0 atom stereocenters. The molecule has 124 valence electrons. The predicted octanol–water partition coefficient (Wildman–Crippen LogP) is 3.17. The topological polar surface area (TPSA) is 35.5 Å². The van der Waals surface area contributed by atoms with Gasteiger partial charge >= 0.3 is 0 Å². The van der Waals surface area contributed by atoms with Crippen molar-refractivity contribution >= 4 is 0 Å². The van der Waals surface area contributed by atoms with Gasteiger partial charge in [0.25, 0.3) is 0 Å². The summed E-state index contributed by atoms with van der Waals surface area (Å²) in [6, 6.07) is 0.800. The molecule has 0 saturated heterocycles. The number of rotatable bonds is 8. The molecular formula is C18H36N2O. The van der Waals surface area contributed by atoms with Gasteiger partial charge in [-0.25, -0.2) is 0 Å². The van der Waals surface area contributed by atoms with Crippen LogP contribution in [0, 0.1) is 5.41 Å². The molecule has 2 rings (SSSR count). The fourth-order valence-electron chi connectivity index (χ4n) is 3.82. The highest BCUT2D eigenvalue weighted by Crippen LogP contribution is 2.36. The second-order valence-electron chi connectivity index (χ2n) is 8.19. The van der Waals surface area contributed by atoms with E-state index < -0.39 is 5.60 Å². The summed E-state index contributed by atoms with van der Waals surface area (Å²) in [4.78, 5) is 2.47. The molecule has 0 bridgehead atoms. The standard InChI is InChI=1S/C18H36N2O/c1-4-20(14-17(2,3)21)15-18(13-19-16-9-10-16)11-7-5-6-8-12-18/h16,19,21H,4-15H2,1-3H3. The van der Waals surface area contributed by atoms with Gasteiger partial charge in [-0.2, -0.15) is 0 Å². The Balaban J connectivity index is 1.97. The Labute approximate surface area is 131 Å². The molecule has 21 heavy (non-hydrogen) atoms. The van der Waals surface area contributed by atoms with Crippen LogP contribution in [-0.4, -0.2) is 47.8 Å². The molecule has 0 heterocycles. The van der Waals surface area contributed by atoms with Crippen LogP contribution in [0.15, 0.2) is 0 Å². The molecule has 2 N–H and O–H groups in total. The smallest absolute Gasteiger partial charge is 0.0718 e. The van der Waals surface area contributed by atoms with Crippen LogP contribution < -0.4 is 5.32 Å². The summed E-state index contributed by atoms with van der Waals surface area (Å²) in [6.07, 6.45) is 11.0. The van der Waals surface area contributed by atoms with Crippen LogP contribution in [0.1, 0.15) is 72.1 Å². The molecule has 0 unspecified atom stereocenters. The van der Waals surface area contributed by atoms with E-state index in [1.165, 1.54) is 57.9 Å². The third-order valence-electron chi connectivity index (χ3n) is 5.12. The lowest BCUT2D eigenvalue weighted by molar-refractivity contribution is 0.0186. The monoisotopic (exact) mass is 296 g/mol. The van der Waals surface area contributed by atoms with Crippen molar-refractivity contribution in [3.05, 3.63) is 0 Å². The number of aliphatic hydroxyl groups is 1. The first-order valence-electron chi connectivity index (χ1n) is 9.11. The van der Waals surface area contributed by atoms with Crippen molar-refractivity contribution < 1.29 is 5.11 Å². The van der Waals surface area contributed by atoms with Crippen LogP contribution in [0.2, 0.25) is 0 Å². The van der Waals surface area contributed by atoms with Gasteiger partial charge in [-0.15, -0.1) is 0 Å². The average Bonchev–Trinajstić information content (AvgIpc) is 3.22. The Kier molecular flexibility index (Phi) is 6.10. The van der Waals surface area contributed by atoms with Crippen molar-refractivity contribution in [2.45, 2.75) is 83.8 Å². The Bertz CT molecular complexity index is 299. The van der Waals surface area contributed by atoms with Crippen LogP contribution in [0.5, 0.6) is 0 Å². The van der Waals surface area contributed by atoms with E-state index in [1.54, 1.807) is 0 Å². The Morgan fingerprint density at radius 2 is 1.76 bits per heavy atom. The Hall–Kier alpha value is -0.120. The fourth-order valence-corrected chi connectivity index (χ4v) is 3.82. The van der Waals surface area contributed by atoms with Crippen LogP contribution in [0.3, 0.4) is 0 Å². The molecule has 0 aromatic rings. The first-order chi connectivity index (χ1) is 9.92. The summed E-state index contributed by atoms with van der Waals surface area (Å²) in [6.45, 7) is 10.2. The number of likely N-dealkylation sites (N-methyl/N-ethyl adjacent to an activating group) is 1. The second kappa shape index (κ2) is 7.43. The van der Waals surface area contributed by atoms with Gasteiger partial charge in [0.2, 0.25) is 0 Å². The first kappa shape index (κ1) is 17.2. The molecular weight excluding hydrogens is 260 g/mol. The van der Waals surface area contributed by atoms with E-state index in [-0.39, 0.29) is 0 Å². The minimum atomic E-state index is -0.591. The number of nitrogens with one attached hydrogen (secondary N) is 1. The maximum atomic E-state index is 10.2. The number of nitrogens with zero attached hydrogens (tertiary/aromatic N) is 1. The third kappa shape index (κ3) is 6.25. The molecule has 0 aromatic heterocycles. The Morgan fingerprint density at radius 1 is 1.14 bits per heavy atom. The molecule has 0 aliphatic heterocycles. The molecule has 2 aliphatic rings. The van der Waals surface area contributed by atoms with Crippen molar-refractivity contribution in [1.82, 2.24) is 10.2 Å². The minimum Gasteiger partial charge on any atom is -0.389 e. The summed E-state index contributed by atoms with van der Waals surface area (Å²) in [7, 11) is 0. The van der Waals surface area contributed by atoms with Gasteiger partial charge in [-0.05, 0) is 51.5 Å². The zero-order valence-corrected chi connectivity index (χ0v) is 14.5. The maximum absolute atomic E-state index is 10.2. The quantitative estimate of drug-likeness (QED) is 0.675. The summed E-state index contributed by atoms with van der Waals surface area (Å²) in [5.41, 5.74) is -0.161. The normalized spacial score (nSPS) is 23.3. The summed E-state index contributed by atoms with van der Waals surface area (Å²) in [5.74, 6) is 0. The van der Waals surface area contributed by atoms with E-state index in [2.05, 4.69) is 17.1 Å². The Morgan fingerprint density at radius 3 is 2.24 bits per heavy atom. The summed E-state index contributed by atoms with van der Waals surface area (Å²) >= 11 is 0. The zero-order chi connectivity index (χ0) is 15.3. The lowest BCUT2D eigenvalue weighted by Gasteiger charge is -2.40. The lowest BCUT2D eigenvalue weighted by atomic mass is 9.79. The number of hydrogen-bond donors (Lipinski definition) is 2. The minimum absolute atomic E-state index is 0.431. The van der Waals surface area contributed by atoms with Crippen LogP contribution in [0.4, 0.5) is 0 Å². The molecule has 2 fully saturated rings. The molecule has 0 radical (unpaired) electrons. The van der Waals surface area contributed by atoms with Crippen molar-refractivity contribution in [3.8, 4) is 0 Å². The van der Waals surface area contributed by atoms with E-state index in [1.807, 2.05) is 13.8 Å². The highest BCUT2D eigenvalue weighted by Gasteiger charge is 2.35. The van der Waals surface area contributed by atoms with E-state index in [9.17, 15) is 5.11 Å². The SMILES string of the molecule is CCN(CC(C)(C)O)CC1(CNC2CC2)CCCCCC1. The van der Waals surface area contributed by atoms with Gasteiger partial charge < -0.3 is 15.3 Å². The molecule has 0 amide bonds. The van der Waals surface area contributed by atoms with Crippen molar-refractivity contribution in [2.75, 3.05) is 26.2 Å². The van der Waals surface area contributed by atoms with Gasteiger partial charge in [0, 0.05) is 25.7 Å². The van der Waals surface area contributed by atoms with Crippen LogP contribution >= 0.6 is 0 Å². The van der Waals surface area contributed by atoms with Gasteiger partial charge in [0.1, 0.15) is 0 Å². The van der Waals surface area contributed by atoms with Gasteiger partial charge in [0.05, 0.1) is 5.60 Å². The van der Waals surface area contributed by atoms with Crippen LogP contribution in [0.25, 0.3) is 0 Å². The van der Waals surface area contributed by atoms with Gasteiger partial charge in [-0.1, -0.05) is 32.6 Å². The predicted molar refractivity (Wildman–Crippen MR) is 89.6 cm³/mol. The van der Waals surface area contributed by atoms with E-state index >= 15 is 0 Å². The highest BCUT2D eigenvalue weighted by atomic mass is 16.3. The molecule has 0 spiro atoms. The van der Waals surface area contributed by atoms with Crippen molar-refractivity contribution in [1.29, 1.82) is 0 Å². The van der Waals surface area contributed by atoms with E-state index in [0.717, 1.165) is 25.7 Å². The second-order valence-corrected chi connectivity index (χ2v) is 8.19. The summed E-state index contributed by atoms with van der Waals surface area (Å²) < 4.78 is 0. The van der Waals surface area contributed by atoms with Gasteiger partial charge in [-0.3, -0.25) is 0 Å². The van der Waals surface area contributed by atoms with Gasteiger partial charge in [0.15, 0.2) is 0 Å². The summed E-state index contributed by atoms with van der Waals surface area (Å²) in [5, 5.41) is 14.0. The third-order valence-corrected chi connectivity index (χ3v) is 5.12. The molecule has 3 heteroatoms. The van der Waals surface area contributed by atoms with E-state index in [0.29, 0.717) is 5.41 Å². The fraction of sp³-hybridized carbons (Fsp3) is 1.00. The molecule has 3 nitrogen and oxygen atoms in total. The maximum Gasteiger partial charge on any atom is 0.0718 e. The molecule has 2 aliphatic carbocycles. The highest BCUT2D eigenvalue weighted by molar-refractivity contribution is 4.91. The molecule has 2 saturated carbocycles. The molecule has 0 aromatic carbocycles. The number of hydrogen-bond acceptors (Lipinski definition) is 3. The van der Waals surface area contributed by atoms with Crippen LogP contribution in [-0.2, 0) is 0 Å². The first-order valence-corrected chi connectivity index (χ1v) is 9.11. The van der Waals surface area contributed by atoms with Crippen molar-refractivity contribution in [3.63, 3.8) is 0 Å². The average molecular weight is 296 g/mol. The zero-order valence-electron chi connectivity index (χ0n) is 14.5. The lowest BCUT2D eigenvalue weighted by Crippen LogP contribution is -2.48. The van der Waals surface area contributed by atoms with E-state index in [4.69, 9.17) is 0 Å².